The molecule has 0 radical (unpaired) electrons. The van der Waals surface area contributed by atoms with E-state index in [0.29, 0.717) is 6.42 Å². The quantitative estimate of drug-likeness (QED) is 0.834. The maximum Gasteiger partial charge on any atom is 0.224 e. The van der Waals surface area contributed by atoms with Crippen molar-refractivity contribution in [2.24, 2.45) is 5.92 Å². The zero-order valence-corrected chi connectivity index (χ0v) is 12.9. The molecule has 3 heteroatoms. The van der Waals surface area contributed by atoms with Gasteiger partial charge in [0.1, 0.15) is 0 Å². The molecule has 3 nitrogen and oxygen atoms in total. The fraction of sp³-hybridized carbons (Fsp3) is 0.250. The predicted molar refractivity (Wildman–Crippen MR) is 90.7 cm³/mol. The molecule has 0 spiro atoms. The van der Waals surface area contributed by atoms with Gasteiger partial charge in [0.15, 0.2) is 0 Å². The molecule has 2 N–H and O–H groups in total. The van der Waals surface area contributed by atoms with Crippen LogP contribution >= 0.6 is 0 Å². The van der Waals surface area contributed by atoms with Crippen molar-refractivity contribution in [2.45, 2.75) is 25.0 Å². The number of aliphatic hydroxyl groups is 1. The van der Waals surface area contributed by atoms with Crippen molar-refractivity contribution in [2.75, 3.05) is 0 Å². The Labute approximate surface area is 136 Å². The first-order chi connectivity index (χ1) is 11.2. The molecule has 2 aromatic rings. The van der Waals surface area contributed by atoms with E-state index in [-0.39, 0.29) is 17.9 Å². The third kappa shape index (κ3) is 4.08. The first kappa shape index (κ1) is 15.5. The van der Waals surface area contributed by atoms with Crippen LogP contribution in [-0.4, -0.2) is 17.1 Å². The molecular formula is C20H21NO2. The fourth-order valence-corrected chi connectivity index (χ4v) is 3.00. The summed E-state index contributed by atoms with van der Waals surface area (Å²) in [6, 6.07) is 19.4. The van der Waals surface area contributed by atoms with E-state index in [1.54, 1.807) is 0 Å². The second-order valence-corrected chi connectivity index (χ2v) is 5.98. The van der Waals surface area contributed by atoms with Gasteiger partial charge in [-0.2, -0.15) is 0 Å². The van der Waals surface area contributed by atoms with Crippen molar-refractivity contribution in [3.63, 3.8) is 0 Å². The second-order valence-electron chi connectivity index (χ2n) is 5.98. The number of benzene rings is 2. The summed E-state index contributed by atoms with van der Waals surface area (Å²) in [5.74, 6) is 0.0557. The third-order valence-corrected chi connectivity index (χ3v) is 4.22. The van der Waals surface area contributed by atoms with Crippen molar-refractivity contribution in [3.05, 3.63) is 83.9 Å². The summed E-state index contributed by atoms with van der Waals surface area (Å²) in [6.07, 6.45) is 4.59. The van der Waals surface area contributed by atoms with Gasteiger partial charge in [-0.25, -0.2) is 0 Å². The molecule has 0 saturated heterocycles. The van der Waals surface area contributed by atoms with Crippen LogP contribution in [0, 0.1) is 5.92 Å². The number of carbonyl (C=O) groups excluding carboxylic acids is 1. The molecule has 3 atom stereocenters. The highest BCUT2D eigenvalue weighted by atomic mass is 16.3. The van der Waals surface area contributed by atoms with E-state index in [1.807, 2.05) is 72.8 Å². The zero-order valence-electron chi connectivity index (χ0n) is 12.9. The van der Waals surface area contributed by atoms with Gasteiger partial charge >= 0.3 is 0 Å². The maximum atomic E-state index is 12.1. The van der Waals surface area contributed by atoms with Crippen LogP contribution in [0.3, 0.4) is 0 Å². The fourth-order valence-electron chi connectivity index (χ4n) is 3.00. The molecule has 0 saturated carbocycles. The zero-order chi connectivity index (χ0) is 16.1. The second kappa shape index (κ2) is 7.25. The summed E-state index contributed by atoms with van der Waals surface area (Å²) in [5.41, 5.74) is 1.92. The third-order valence-electron chi connectivity index (χ3n) is 4.22. The largest absolute Gasteiger partial charge is 0.388 e. The number of hydrogen-bond acceptors (Lipinski definition) is 2. The molecule has 0 heterocycles. The van der Waals surface area contributed by atoms with Gasteiger partial charge in [0.25, 0.3) is 0 Å². The monoisotopic (exact) mass is 307 g/mol. The first-order valence-corrected chi connectivity index (χ1v) is 7.97. The molecule has 0 aliphatic heterocycles. The molecule has 0 bridgehead atoms. The summed E-state index contributed by atoms with van der Waals surface area (Å²) >= 11 is 0. The van der Waals surface area contributed by atoms with Crippen LogP contribution in [0.15, 0.2) is 72.8 Å². The SMILES string of the molecule is O=C(Cc1ccccc1)N[C@H]1C=C[C@H](C(O)c2ccccc2)C1. The average Bonchev–Trinajstić information content (AvgIpc) is 3.04. The molecule has 2 aromatic carbocycles. The van der Waals surface area contributed by atoms with E-state index in [0.717, 1.165) is 17.5 Å². The number of carbonyl (C=O) groups is 1. The molecule has 1 amide bonds. The summed E-state index contributed by atoms with van der Waals surface area (Å²) in [7, 11) is 0. The van der Waals surface area contributed by atoms with E-state index in [2.05, 4.69) is 5.32 Å². The Balaban J connectivity index is 1.52. The highest BCUT2D eigenvalue weighted by molar-refractivity contribution is 5.79. The summed E-state index contributed by atoms with van der Waals surface area (Å²) < 4.78 is 0. The van der Waals surface area contributed by atoms with Crippen LogP contribution in [0.2, 0.25) is 0 Å². The van der Waals surface area contributed by atoms with Gasteiger partial charge in [-0.05, 0) is 17.5 Å². The Morgan fingerprint density at radius 2 is 1.70 bits per heavy atom. The van der Waals surface area contributed by atoms with E-state index in [1.165, 1.54) is 0 Å². The highest BCUT2D eigenvalue weighted by Crippen LogP contribution is 2.31. The minimum atomic E-state index is -0.525. The van der Waals surface area contributed by atoms with E-state index < -0.39 is 6.10 Å². The highest BCUT2D eigenvalue weighted by Gasteiger charge is 2.26. The van der Waals surface area contributed by atoms with Crippen LogP contribution in [-0.2, 0) is 11.2 Å². The lowest BCUT2D eigenvalue weighted by molar-refractivity contribution is -0.120. The topological polar surface area (TPSA) is 49.3 Å². The van der Waals surface area contributed by atoms with Gasteiger partial charge in [0.05, 0.1) is 12.5 Å². The van der Waals surface area contributed by atoms with Gasteiger partial charge < -0.3 is 10.4 Å². The number of hydrogen-bond donors (Lipinski definition) is 2. The van der Waals surface area contributed by atoms with E-state index in [4.69, 9.17) is 0 Å². The number of nitrogens with one attached hydrogen (secondary N) is 1. The molecule has 0 fully saturated rings. The Hall–Kier alpha value is -2.39. The van der Waals surface area contributed by atoms with Gasteiger partial charge in [-0.15, -0.1) is 0 Å². The van der Waals surface area contributed by atoms with Crippen LogP contribution in [0.1, 0.15) is 23.7 Å². The number of amides is 1. The number of rotatable bonds is 5. The lowest BCUT2D eigenvalue weighted by atomic mass is 9.94. The standard InChI is InChI=1S/C20H21NO2/c22-19(13-15-7-3-1-4-8-15)21-18-12-11-17(14-18)20(23)16-9-5-2-6-10-16/h1-12,17-18,20,23H,13-14H2,(H,21,22)/t17-,18-,20?/m0/s1. The molecule has 3 rings (SSSR count). The van der Waals surface area contributed by atoms with Gasteiger partial charge in [0, 0.05) is 12.0 Å². The summed E-state index contributed by atoms with van der Waals surface area (Å²) in [6.45, 7) is 0. The van der Waals surface area contributed by atoms with Gasteiger partial charge in [-0.1, -0.05) is 72.8 Å². The molecule has 23 heavy (non-hydrogen) atoms. The van der Waals surface area contributed by atoms with Crippen molar-refractivity contribution in [1.29, 1.82) is 0 Å². The first-order valence-electron chi connectivity index (χ1n) is 7.97. The normalized spacial score (nSPS) is 21.1. The van der Waals surface area contributed by atoms with Crippen LogP contribution in [0.5, 0.6) is 0 Å². The van der Waals surface area contributed by atoms with Gasteiger partial charge in [-0.3, -0.25) is 4.79 Å². The van der Waals surface area contributed by atoms with Gasteiger partial charge in [0.2, 0.25) is 5.91 Å². The number of aliphatic hydroxyl groups excluding tert-OH is 1. The molecule has 1 aliphatic rings. The lowest BCUT2D eigenvalue weighted by Gasteiger charge is -2.19. The predicted octanol–water partition coefficient (Wildman–Crippen LogP) is 3.02. The van der Waals surface area contributed by atoms with Crippen molar-refractivity contribution in [3.8, 4) is 0 Å². The van der Waals surface area contributed by atoms with Crippen LogP contribution < -0.4 is 5.32 Å². The Kier molecular flexibility index (Phi) is 4.89. The van der Waals surface area contributed by atoms with Crippen LogP contribution in [0.4, 0.5) is 0 Å². The molecule has 118 valence electrons. The molecule has 1 unspecified atom stereocenters. The van der Waals surface area contributed by atoms with E-state index >= 15 is 0 Å². The van der Waals surface area contributed by atoms with E-state index in [9.17, 15) is 9.90 Å². The molecule has 0 aromatic heterocycles. The average molecular weight is 307 g/mol. The molecular weight excluding hydrogens is 286 g/mol. The Morgan fingerprint density at radius 1 is 1.04 bits per heavy atom. The van der Waals surface area contributed by atoms with Crippen molar-refractivity contribution in [1.82, 2.24) is 5.32 Å². The summed E-state index contributed by atoms with van der Waals surface area (Å²) in [4.78, 5) is 12.1. The van der Waals surface area contributed by atoms with Crippen LogP contribution in [0.25, 0.3) is 0 Å². The van der Waals surface area contributed by atoms with Crippen molar-refractivity contribution >= 4 is 5.91 Å². The summed E-state index contributed by atoms with van der Waals surface area (Å²) in [5, 5.41) is 13.5. The Morgan fingerprint density at radius 3 is 2.39 bits per heavy atom. The Bertz CT molecular complexity index is 667. The minimum absolute atomic E-state index is 0.00502. The lowest BCUT2D eigenvalue weighted by Crippen LogP contribution is -2.34. The smallest absolute Gasteiger partial charge is 0.224 e. The minimum Gasteiger partial charge on any atom is -0.388 e. The molecule has 1 aliphatic carbocycles. The van der Waals surface area contributed by atoms with Crippen molar-refractivity contribution < 1.29 is 9.90 Å². The maximum absolute atomic E-state index is 12.1.